The minimum absolute atomic E-state index is 0.114. The standard InChI is InChI=1S/C12H12BrNO2/c13-11-4-3-10(16-11)12(15)14-9-6-7-1-2-8(9)5-7/h1-4,7-9H,5-6H2,(H,14,15). The molecule has 1 aromatic heterocycles. The average Bonchev–Trinajstić information content (AvgIpc) is 2.92. The van der Waals surface area contributed by atoms with E-state index in [1.54, 1.807) is 12.1 Å². The van der Waals surface area contributed by atoms with E-state index in [4.69, 9.17) is 4.42 Å². The van der Waals surface area contributed by atoms with E-state index in [-0.39, 0.29) is 11.9 Å². The van der Waals surface area contributed by atoms with Crippen molar-refractivity contribution in [3.05, 3.63) is 34.7 Å². The molecule has 1 amide bonds. The average molecular weight is 282 g/mol. The van der Waals surface area contributed by atoms with Gasteiger partial charge in [-0.25, -0.2) is 0 Å². The monoisotopic (exact) mass is 281 g/mol. The fourth-order valence-corrected chi connectivity index (χ4v) is 2.93. The van der Waals surface area contributed by atoms with Gasteiger partial charge in [0, 0.05) is 6.04 Å². The summed E-state index contributed by atoms with van der Waals surface area (Å²) in [7, 11) is 0. The van der Waals surface area contributed by atoms with Crippen LogP contribution in [-0.2, 0) is 0 Å². The van der Waals surface area contributed by atoms with Crippen LogP contribution in [0.1, 0.15) is 23.4 Å². The van der Waals surface area contributed by atoms with Crippen LogP contribution in [0.15, 0.2) is 33.4 Å². The van der Waals surface area contributed by atoms with Gasteiger partial charge in [-0.15, -0.1) is 0 Å². The molecule has 0 saturated heterocycles. The van der Waals surface area contributed by atoms with Gasteiger partial charge in [-0.2, -0.15) is 0 Å². The van der Waals surface area contributed by atoms with Crippen LogP contribution in [0.25, 0.3) is 0 Å². The van der Waals surface area contributed by atoms with Crippen molar-refractivity contribution < 1.29 is 9.21 Å². The molecule has 1 N–H and O–H groups in total. The molecule has 3 rings (SSSR count). The molecule has 3 unspecified atom stereocenters. The lowest BCUT2D eigenvalue weighted by atomic mass is 10.0. The van der Waals surface area contributed by atoms with Crippen molar-refractivity contribution in [3.8, 4) is 0 Å². The van der Waals surface area contributed by atoms with E-state index in [0.29, 0.717) is 22.3 Å². The third-order valence-electron chi connectivity index (χ3n) is 3.39. The van der Waals surface area contributed by atoms with Crippen molar-refractivity contribution in [2.45, 2.75) is 18.9 Å². The molecule has 2 aliphatic rings. The molecule has 3 atom stereocenters. The van der Waals surface area contributed by atoms with Crippen LogP contribution in [0, 0.1) is 11.8 Å². The molecule has 16 heavy (non-hydrogen) atoms. The second-order valence-corrected chi connectivity index (χ2v) is 5.25. The predicted molar refractivity (Wildman–Crippen MR) is 63.0 cm³/mol. The highest BCUT2D eigenvalue weighted by Crippen LogP contribution is 2.39. The second-order valence-electron chi connectivity index (χ2n) is 4.46. The van der Waals surface area contributed by atoms with Gasteiger partial charge >= 0.3 is 0 Å². The first-order valence-electron chi connectivity index (χ1n) is 5.47. The number of carbonyl (C=O) groups excluding carboxylic acids is 1. The number of carbonyl (C=O) groups is 1. The summed E-state index contributed by atoms with van der Waals surface area (Å²) in [5.41, 5.74) is 0. The molecule has 1 heterocycles. The number of hydrogen-bond donors (Lipinski definition) is 1. The van der Waals surface area contributed by atoms with Gasteiger partial charge in [0.25, 0.3) is 5.91 Å². The SMILES string of the molecule is O=C(NC1CC2C=CC1C2)c1ccc(Br)o1. The Balaban J connectivity index is 1.67. The third kappa shape index (κ3) is 1.71. The number of fused-ring (bicyclic) bond motifs is 2. The molecule has 0 aromatic carbocycles. The molecule has 1 saturated carbocycles. The highest BCUT2D eigenvalue weighted by molar-refractivity contribution is 9.10. The molecule has 1 fully saturated rings. The predicted octanol–water partition coefficient (Wildman–Crippen LogP) is 2.74. The fraction of sp³-hybridized carbons (Fsp3) is 0.417. The van der Waals surface area contributed by atoms with E-state index < -0.39 is 0 Å². The zero-order chi connectivity index (χ0) is 11.1. The molecular weight excluding hydrogens is 270 g/mol. The molecule has 1 aromatic rings. The summed E-state index contributed by atoms with van der Waals surface area (Å²) in [5.74, 6) is 1.45. The minimum atomic E-state index is -0.114. The maximum absolute atomic E-state index is 11.8. The zero-order valence-electron chi connectivity index (χ0n) is 8.65. The van der Waals surface area contributed by atoms with Gasteiger partial charge in [-0.05, 0) is 52.7 Å². The fourth-order valence-electron chi connectivity index (χ4n) is 2.62. The van der Waals surface area contributed by atoms with Crippen LogP contribution in [0.3, 0.4) is 0 Å². The van der Waals surface area contributed by atoms with Crippen LogP contribution < -0.4 is 5.32 Å². The quantitative estimate of drug-likeness (QED) is 0.847. The Bertz CT molecular complexity index is 452. The van der Waals surface area contributed by atoms with Crippen molar-refractivity contribution in [1.82, 2.24) is 5.32 Å². The maximum Gasteiger partial charge on any atom is 0.287 e. The highest BCUT2D eigenvalue weighted by atomic mass is 79.9. The van der Waals surface area contributed by atoms with E-state index >= 15 is 0 Å². The van der Waals surface area contributed by atoms with Gasteiger partial charge in [-0.1, -0.05) is 12.2 Å². The number of hydrogen-bond acceptors (Lipinski definition) is 2. The van der Waals surface area contributed by atoms with Gasteiger partial charge < -0.3 is 9.73 Å². The highest BCUT2D eigenvalue weighted by Gasteiger charge is 2.36. The number of allylic oxidation sites excluding steroid dienone is 1. The minimum Gasteiger partial charge on any atom is -0.444 e. The summed E-state index contributed by atoms with van der Waals surface area (Å²) in [5, 5.41) is 3.04. The number of nitrogens with one attached hydrogen (secondary N) is 1. The summed E-state index contributed by atoms with van der Waals surface area (Å²) in [6.45, 7) is 0. The first-order valence-corrected chi connectivity index (χ1v) is 6.26. The van der Waals surface area contributed by atoms with Gasteiger partial charge in [-0.3, -0.25) is 4.79 Å². The Hall–Kier alpha value is -1.03. The Morgan fingerprint density at radius 3 is 2.81 bits per heavy atom. The second kappa shape index (κ2) is 3.77. The summed E-state index contributed by atoms with van der Waals surface area (Å²) in [4.78, 5) is 11.8. The molecule has 0 aliphatic heterocycles. The van der Waals surface area contributed by atoms with Crippen molar-refractivity contribution in [2.75, 3.05) is 0 Å². The van der Waals surface area contributed by atoms with Gasteiger partial charge in [0.2, 0.25) is 0 Å². The number of amides is 1. The van der Waals surface area contributed by atoms with E-state index in [9.17, 15) is 4.79 Å². The smallest absolute Gasteiger partial charge is 0.287 e. The molecule has 4 heteroatoms. The Kier molecular flexibility index (Phi) is 2.39. The lowest BCUT2D eigenvalue weighted by Crippen LogP contribution is -2.37. The molecule has 0 radical (unpaired) electrons. The summed E-state index contributed by atoms with van der Waals surface area (Å²) in [6.07, 6.45) is 6.73. The molecule has 0 spiro atoms. The Morgan fingerprint density at radius 1 is 1.38 bits per heavy atom. The first-order chi connectivity index (χ1) is 7.72. The van der Waals surface area contributed by atoms with E-state index in [2.05, 4.69) is 33.4 Å². The van der Waals surface area contributed by atoms with Crippen molar-refractivity contribution >= 4 is 21.8 Å². The van der Waals surface area contributed by atoms with Crippen LogP contribution in [0.4, 0.5) is 0 Å². The van der Waals surface area contributed by atoms with E-state index in [1.807, 2.05) is 0 Å². The third-order valence-corrected chi connectivity index (χ3v) is 3.82. The van der Waals surface area contributed by atoms with Crippen LogP contribution in [0.2, 0.25) is 0 Å². The van der Waals surface area contributed by atoms with Gasteiger partial charge in [0.05, 0.1) is 0 Å². The lowest BCUT2D eigenvalue weighted by molar-refractivity contribution is 0.0902. The maximum atomic E-state index is 11.8. The van der Waals surface area contributed by atoms with Gasteiger partial charge in [0.15, 0.2) is 10.4 Å². The number of rotatable bonds is 2. The summed E-state index contributed by atoms with van der Waals surface area (Å²) < 4.78 is 5.81. The molecule has 3 nitrogen and oxygen atoms in total. The van der Waals surface area contributed by atoms with Gasteiger partial charge in [0.1, 0.15) is 0 Å². The van der Waals surface area contributed by atoms with Crippen LogP contribution in [0.5, 0.6) is 0 Å². The Labute approximate surface area is 102 Å². The van der Waals surface area contributed by atoms with Crippen molar-refractivity contribution in [2.24, 2.45) is 11.8 Å². The number of halogens is 1. The molecule has 2 aliphatic carbocycles. The van der Waals surface area contributed by atoms with Crippen LogP contribution >= 0.6 is 15.9 Å². The van der Waals surface area contributed by atoms with E-state index in [0.717, 1.165) is 6.42 Å². The summed E-state index contributed by atoms with van der Waals surface area (Å²) in [6, 6.07) is 3.70. The topological polar surface area (TPSA) is 42.2 Å². The van der Waals surface area contributed by atoms with Crippen molar-refractivity contribution in [3.63, 3.8) is 0 Å². The molecule has 2 bridgehead atoms. The van der Waals surface area contributed by atoms with E-state index in [1.165, 1.54) is 6.42 Å². The van der Waals surface area contributed by atoms with Crippen LogP contribution in [-0.4, -0.2) is 11.9 Å². The molecule has 84 valence electrons. The zero-order valence-corrected chi connectivity index (χ0v) is 10.2. The largest absolute Gasteiger partial charge is 0.444 e. The summed E-state index contributed by atoms with van der Waals surface area (Å²) >= 11 is 3.19. The number of furan rings is 1. The lowest BCUT2D eigenvalue weighted by Gasteiger charge is -2.18. The Morgan fingerprint density at radius 2 is 2.25 bits per heavy atom. The van der Waals surface area contributed by atoms with Crippen molar-refractivity contribution in [1.29, 1.82) is 0 Å². The molecular formula is C12H12BrNO2. The first kappa shape index (κ1) is 10.1. The normalized spacial score (nSPS) is 30.9.